The van der Waals surface area contributed by atoms with Crippen molar-refractivity contribution in [2.24, 2.45) is 0 Å². The Morgan fingerprint density at radius 1 is 1.24 bits per heavy atom. The highest BCUT2D eigenvalue weighted by Gasteiger charge is 2.25. The third-order valence-corrected chi connectivity index (χ3v) is 5.67. The van der Waals surface area contributed by atoms with Gasteiger partial charge in [-0.25, -0.2) is 4.68 Å². The molecule has 0 radical (unpaired) electrons. The highest BCUT2D eigenvalue weighted by atomic mass is 32.2. The topological polar surface area (TPSA) is 90.1 Å². The molecule has 9 heteroatoms. The second-order valence-electron chi connectivity index (χ2n) is 5.38. The molecule has 0 unspecified atom stereocenters. The summed E-state index contributed by atoms with van der Waals surface area (Å²) in [6.45, 7) is 0. The van der Waals surface area contributed by atoms with Crippen LogP contribution in [0.5, 0.6) is 0 Å². The number of carbonyl (C=O) groups is 1. The van der Waals surface area contributed by atoms with Gasteiger partial charge in [0.2, 0.25) is 0 Å². The van der Waals surface area contributed by atoms with Gasteiger partial charge in [0.15, 0.2) is 0 Å². The lowest BCUT2D eigenvalue weighted by Gasteiger charge is -2.10. The monoisotopic (exact) mass is 372 g/mol. The number of hydrogen-bond donors (Lipinski definition) is 1. The smallest absolute Gasteiger partial charge is 0.269 e. The predicted octanol–water partition coefficient (Wildman–Crippen LogP) is 3.84. The SMILES string of the molecule is O=C(Nc1c2c(nn1-c1ccc([N+](=O)[O-])cc1)CSC2)c1cccs1. The summed E-state index contributed by atoms with van der Waals surface area (Å²) in [6, 6.07) is 9.72. The number of amides is 1. The zero-order chi connectivity index (χ0) is 17.4. The minimum absolute atomic E-state index is 0.0168. The van der Waals surface area contributed by atoms with E-state index in [0.717, 1.165) is 22.8 Å². The van der Waals surface area contributed by atoms with Gasteiger partial charge in [-0.3, -0.25) is 14.9 Å². The van der Waals surface area contributed by atoms with Gasteiger partial charge in [0.25, 0.3) is 11.6 Å². The Labute approximate surface area is 150 Å². The van der Waals surface area contributed by atoms with Gasteiger partial charge in [0, 0.05) is 29.2 Å². The zero-order valence-electron chi connectivity index (χ0n) is 12.8. The molecule has 25 heavy (non-hydrogen) atoms. The fourth-order valence-electron chi connectivity index (χ4n) is 2.62. The van der Waals surface area contributed by atoms with Crippen molar-refractivity contribution in [3.8, 4) is 5.69 Å². The third-order valence-electron chi connectivity index (χ3n) is 3.83. The Bertz CT molecular complexity index is 949. The first-order chi connectivity index (χ1) is 12.1. The molecule has 3 heterocycles. The van der Waals surface area contributed by atoms with Gasteiger partial charge < -0.3 is 5.32 Å². The highest BCUT2D eigenvalue weighted by Crippen LogP contribution is 2.36. The van der Waals surface area contributed by atoms with E-state index in [1.165, 1.54) is 23.5 Å². The van der Waals surface area contributed by atoms with Gasteiger partial charge in [-0.2, -0.15) is 16.9 Å². The van der Waals surface area contributed by atoms with Crippen molar-refractivity contribution in [1.82, 2.24) is 9.78 Å². The maximum Gasteiger partial charge on any atom is 0.269 e. The second-order valence-corrected chi connectivity index (χ2v) is 7.32. The number of aromatic nitrogens is 2. The van der Waals surface area contributed by atoms with E-state index in [0.29, 0.717) is 16.4 Å². The van der Waals surface area contributed by atoms with Crippen LogP contribution >= 0.6 is 23.1 Å². The minimum Gasteiger partial charge on any atom is -0.305 e. The second kappa shape index (κ2) is 6.34. The van der Waals surface area contributed by atoms with E-state index in [4.69, 9.17) is 0 Å². The molecule has 1 N–H and O–H groups in total. The van der Waals surface area contributed by atoms with Crippen molar-refractivity contribution in [3.63, 3.8) is 0 Å². The summed E-state index contributed by atoms with van der Waals surface area (Å²) in [5.74, 6) is 2.02. The molecule has 0 spiro atoms. The third kappa shape index (κ3) is 2.92. The zero-order valence-corrected chi connectivity index (χ0v) is 14.5. The summed E-state index contributed by atoms with van der Waals surface area (Å²) in [7, 11) is 0. The largest absolute Gasteiger partial charge is 0.305 e. The fourth-order valence-corrected chi connectivity index (χ4v) is 4.27. The molecule has 3 aromatic rings. The van der Waals surface area contributed by atoms with E-state index in [-0.39, 0.29) is 11.6 Å². The van der Waals surface area contributed by atoms with E-state index in [2.05, 4.69) is 10.4 Å². The molecule has 7 nitrogen and oxygen atoms in total. The van der Waals surface area contributed by atoms with Crippen LogP contribution in [-0.4, -0.2) is 20.6 Å². The maximum atomic E-state index is 12.5. The van der Waals surface area contributed by atoms with E-state index in [9.17, 15) is 14.9 Å². The van der Waals surface area contributed by atoms with Crippen LogP contribution in [0, 0.1) is 10.1 Å². The molecule has 0 saturated heterocycles. The number of benzene rings is 1. The van der Waals surface area contributed by atoms with Gasteiger partial charge in [0.05, 0.1) is 21.2 Å². The molecule has 0 bridgehead atoms. The molecule has 0 saturated carbocycles. The Morgan fingerprint density at radius 3 is 2.72 bits per heavy atom. The van der Waals surface area contributed by atoms with Crippen LogP contribution in [0.1, 0.15) is 20.9 Å². The predicted molar refractivity (Wildman–Crippen MR) is 97.5 cm³/mol. The van der Waals surface area contributed by atoms with Gasteiger partial charge in [0.1, 0.15) is 5.82 Å². The number of nitrogens with one attached hydrogen (secondary N) is 1. The first-order valence-electron chi connectivity index (χ1n) is 7.41. The molecular weight excluding hydrogens is 360 g/mol. The normalized spacial score (nSPS) is 12.8. The van der Waals surface area contributed by atoms with Crippen molar-refractivity contribution in [1.29, 1.82) is 0 Å². The number of rotatable bonds is 4. The van der Waals surface area contributed by atoms with Crippen LogP contribution in [0.2, 0.25) is 0 Å². The van der Waals surface area contributed by atoms with E-state index >= 15 is 0 Å². The van der Waals surface area contributed by atoms with E-state index in [1.54, 1.807) is 34.6 Å². The van der Waals surface area contributed by atoms with Crippen LogP contribution in [0.15, 0.2) is 41.8 Å². The van der Waals surface area contributed by atoms with E-state index < -0.39 is 4.92 Å². The van der Waals surface area contributed by atoms with Crippen molar-refractivity contribution >= 4 is 40.5 Å². The van der Waals surface area contributed by atoms with Crippen molar-refractivity contribution < 1.29 is 9.72 Å². The van der Waals surface area contributed by atoms with Crippen LogP contribution in [0.4, 0.5) is 11.5 Å². The summed E-state index contributed by atoms with van der Waals surface area (Å²) in [4.78, 5) is 23.5. The van der Waals surface area contributed by atoms with Gasteiger partial charge in [-0.15, -0.1) is 11.3 Å². The summed E-state index contributed by atoms with van der Waals surface area (Å²) in [6.07, 6.45) is 0. The number of anilines is 1. The Morgan fingerprint density at radius 2 is 2.04 bits per heavy atom. The molecule has 1 aliphatic rings. The van der Waals surface area contributed by atoms with Crippen LogP contribution < -0.4 is 5.32 Å². The number of nitrogens with zero attached hydrogens (tertiary/aromatic N) is 3. The Balaban J connectivity index is 1.73. The maximum absolute atomic E-state index is 12.5. The number of nitro groups is 1. The number of carbonyl (C=O) groups excluding carboxylic acids is 1. The van der Waals surface area contributed by atoms with Gasteiger partial charge in [-0.1, -0.05) is 6.07 Å². The standard InChI is InChI=1S/C16H12N4O3S2/c21-16(14-2-1-7-25-14)17-15-12-8-24-9-13(12)18-19(15)10-3-5-11(6-4-10)20(22)23/h1-7H,8-9H2,(H,17,21). The molecule has 0 atom stereocenters. The number of hydrogen-bond acceptors (Lipinski definition) is 6. The summed E-state index contributed by atoms with van der Waals surface area (Å²) < 4.78 is 1.65. The van der Waals surface area contributed by atoms with E-state index in [1.807, 2.05) is 11.4 Å². The summed E-state index contributed by atoms with van der Waals surface area (Å²) in [5, 5.41) is 20.2. The average Bonchev–Trinajstić information content (AvgIpc) is 3.33. The van der Waals surface area contributed by atoms with Gasteiger partial charge in [-0.05, 0) is 23.6 Å². The number of non-ortho nitro benzene ring substituents is 1. The molecular formula is C16H12N4O3S2. The lowest BCUT2D eigenvalue weighted by molar-refractivity contribution is -0.384. The quantitative estimate of drug-likeness (QED) is 0.555. The first-order valence-corrected chi connectivity index (χ1v) is 9.45. The first kappa shape index (κ1) is 15.9. The lowest BCUT2D eigenvalue weighted by Crippen LogP contribution is -2.15. The Kier molecular flexibility index (Phi) is 4.02. The molecule has 1 amide bonds. The highest BCUT2D eigenvalue weighted by molar-refractivity contribution is 7.98. The molecule has 4 rings (SSSR count). The number of fused-ring (bicyclic) bond motifs is 1. The van der Waals surface area contributed by atoms with Crippen LogP contribution in [0.25, 0.3) is 5.69 Å². The molecule has 0 fully saturated rings. The number of thioether (sulfide) groups is 1. The van der Waals surface area contributed by atoms with Crippen LogP contribution in [-0.2, 0) is 11.5 Å². The van der Waals surface area contributed by atoms with Crippen molar-refractivity contribution in [3.05, 3.63) is 68.0 Å². The van der Waals surface area contributed by atoms with Crippen molar-refractivity contribution in [2.45, 2.75) is 11.5 Å². The molecule has 2 aromatic heterocycles. The summed E-state index contributed by atoms with van der Waals surface area (Å²) >= 11 is 3.12. The molecule has 1 aliphatic heterocycles. The van der Waals surface area contributed by atoms with Crippen molar-refractivity contribution in [2.75, 3.05) is 5.32 Å². The number of thiophene rings is 1. The summed E-state index contributed by atoms with van der Waals surface area (Å²) in [5.41, 5.74) is 2.63. The molecule has 1 aromatic carbocycles. The molecule has 0 aliphatic carbocycles. The molecule has 126 valence electrons. The average molecular weight is 372 g/mol. The fraction of sp³-hybridized carbons (Fsp3) is 0.125. The lowest BCUT2D eigenvalue weighted by atomic mass is 10.2. The minimum atomic E-state index is -0.441. The number of nitro benzene ring substituents is 1. The van der Waals surface area contributed by atoms with Gasteiger partial charge >= 0.3 is 0 Å². The van der Waals surface area contributed by atoms with Crippen LogP contribution in [0.3, 0.4) is 0 Å². The Hall–Kier alpha value is -2.65.